The van der Waals surface area contributed by atoms with Gasteiger partial charge in [-0.2, -0.15) is 13.2 Å². The van der Waals surface area contributed by atoms with Gasteiger partial charge in [0, 0.05) is 39.8 Å². The van der Waals surface area contributed by atoms with Crippen LogP contribution in [-0.2, 0) is 4.79 Å². The zero-order valence-electron chi connectivity index (χ0n) is 15.0. The number of halogens is 4. The van der Waals surface area contributed by atoms with E-state index in [0.29, 0.717) is 19.0 Å². The number of hydrogen-bond acceptors (Lipinski definition) is 3. The first-order chi connectivity index (χ1) is 11.2. The molecule has 0 radical (unpaired) electrons. The van der Waals surface area contributed by atoms with Crippen molar-refractivity contribution in [3.8, 4) is 0 Å². The van der Waals surface area contributed by atoms with Gasteiger partial charge in [-0.3, -0.25) is 14.7 Å². The van der Waals surface area contributed by atoms with E-state index in [1.807, 2.05) is 6.92 Å². The van der Waals surface area contributed by atoms with E-state index in [1.165, 1.54) is 0 Å². The first kappa shape index (κ1) is 24.2. The predicted molar refractivity (Wildman–Crippen MR) is 103 cm³/mol. The predicted octanol–water partition coefficient (Wildman–Crippen LogP) is 1.66. The quantitative estimate of drug-likeness (QED) is 0.346. The van der Waals surface area contributed by atoms with Gasteiger partial charge in [-0.05, 0) is 19.8 Å². The molecule has 1 amide bonds. The van der Waals surface area contributed by atoms with E-state index in [4.69, 9.17) is 0 Å². The third kappa shape index (κ3) is 10.7. The maximum Gasteiger partial charge on any atom is 0.390 e. The molecule has 1 aliphatic rings. The number of likely N-dealkylation sites (N-methyl/N-ethyl adjacent to an activating group) is 1. The minimum absolute atomic E-state index is 0. The summed E-state index contributed by atoms with van der Waals surface area (Å²) < 4.78 is 36.6. The number of likely N-dealkylation sites (tertiary alicyclic amines) is 1. The number of piperidine rings is 1. The Morgan fingerprint density at radius 1 is 1.28 bits per heavy atom. The highest BCUT2D eigenvalue weighted by Gasteiger charge is 2.26. The lowest BCUT2D eigenvalue weighted by atomic mass is 10.1. The van der Waals surface area contributed by atoms with Crippen molar-refractivity contribution >= 4 is 35.8 Å². The topological polar surface area (TPSA) is 60.0 Å². The summed E-state index contributed by atoms with van der Waals surface area (Å²) >= 11 is 0. The van der Waals surface area contributed by atoms with Crippen molar-refractivity contribution in [1.82, 2.24) is 20.4 Å². The maximum atomic E-state index is 12.2. The summed E-state index contributed by atoms with van der Waals surface area (Å²) in [7, 11) is 3.47. The summed E-state index contributed by atoms with van der Waals surface area (Å²) in [5.74, 6) is 0.494. The van der Waals surface area contributed by atoms with Crippen LogP contribution in [0.15, 0.2) is 4.99 Å². The van der Waals surface area contributed by atoms with Crippen LogP contribution < -0.4 is 10.6 Å². The van der Waals surface area contributed by atoms with Crippen LogP contribution in [-0.4, -0.2) is 80.7 Å². The first-order valence-corrected chi connectivity index (χ1v) is 8.25. The molecular formula is C15H29F3IN5O. The van der Waals surface area contributed by atoms with Gasteiger partial charge in [0.15, 0.2) is 5.96 Å². The van der Waals surface area contributed by atoms with Crippen LogP contribution in [0.3, 0.4) is 0 Å². The fraction of sp³-hybridized carbons (Fsp3) is 0.867. The Morgan fingerprint density at radius 3 is 2.36 bits per heavy atom. The molecule has 0 saturated carbocycles. The summed E-state index contributed by atoms with van der Waals surface area (Å²) in [6, 6.07) is 0.152. The van der Waals surface area contributed by atoms with Crippen molar-refractivity contribution in [3.63, 3.8) is 0 Å². The van der Waals surface area contributed by atoms with Crippen LogP contribution in [0.2, 0.25) is 0 Å². The van der Waals surface area contributed by atoms with E-state index in [0.717, 1.165) is 25.9 Å². The molecule has 0 aliphatic carbocycles. The molecular weight excluding hydrogens is 450 g/mol. The van der Waals surface area contributed by atoms with Gasteiger partial charge >= 0.3 is 6.18 Å². The SMILES string of the molecule is CCNC(=NCCC(F)(F)F)NC1CCN(CC(=O)N(C)C)CC1.I. The molecule has 25 heavy (non-hydrogen) atoms. The van der Waals surface area contributed by atoms with E-state index < -0.39 is 12.6 Å². The molecule has 1 rings (SSSR count). The van der Waals surface area contributed by atoms with Gasteiger partial charge in [-0.1, -0.05) is 0 Å². The molecule has 1 fully saturated rings. The second kappa shape index (κ2) is 11.8. The van der Waals surface area contributed by atoms with Gasteiger partial charge in [-0.15, -0.1) is 24.0 Å². The van der Waals surface area contributed by atoms with Crippen molar-refractivity contribution in [2.75, 3.05) is 46.8 Å². The third-order valence-electron chi connectivity index (χ3n) is 3.80. The van der Waals surface area contributed by atoms with E-state index in [-0.39, 0.29) is 42.5 Å². The minimum Gasteiger partial charge on any atom is -0.357 e. The molecule has 1 aliphatic heterocycles. The van der Waals surface area contributed by atoms with E-state index >= 15 is 0 Å². The number of amides is 1. The number of nitrogens with one attached hydrogen (secondary N) is 2. The maximum absolute atomic E-state index is 12.2. The molecule has 0 spiro atoms. The Bertz CT molecular complexity index is 424. The third-order valence-corrected chi connectivity index (χ3v) is 3.80. The molecule has 0 aromatic rings. The molecule has 2 N–H and O–H groups in total. The Balaban J connectivity index is 0.00000576. The van der Waals surface area contributed by atoms with Crippen molar-refractivity contribution in [1.29, 1.82) is 0 Å². The van der Waals surface area contributed by atoms with Gasteiger partial charge < -0.3 is 15.5 Å². The molecule has 10 heteroatoms. The van der Waals surface area contributed by atoms with Gasteiger partial charge in [-0.25, -0.2) is 0 Å². The van der Waals surface area contributed by atoms with Crippen molar-refractivity contribution in [2.24, 2.45) is 4.99 Å². The molecule has 0 aromatic carbocycles. The first-order valence-electron chi connectivity index (χ1n) is 8.25. The Hall–Kier alpha value is -0.780. The summed E-state index contributed by atoms with van der Waals surface area (Å²) in [6.07, 6.45) is -3.46. The molecule has 0 aromatic heterocycles. The van der Waals surface area contributed by atoms with Crippen LogP contribution in [0.5, 0.6) is 0 Å². The van der Waals surface area contributed by atoms with Crippen LogP contribution in [0.1, 0.15) is 26.2 Å². The number of guanidine groups is 1. The molecule has 0 bridgehead atoms. The lowest BCUT2D eigenvalue weighted by Crippen LogP contribution is -2.50. The van der Waals surface area contributed by atoms with Gasteiger partial charge in [0.1, 0.15) is 0 Å². The summed E-state index contributed by atoms with van der Waals surface area (Å²) in [5, 5.41) is 6.16. The Morgan fingerprint density at radius 2 is 1.88 bits per heavy atom. The summed E-state index contributed by atoms with van der Waals surface area (Å²) in [4.78, 5) is 19.3. The zero-order valence-corrected chi connectivity index (χ0v) is 17.4. The molecule has 148 valence electrons. The minimum atomic E-state index is -4.19. The zero-order chi connectivity index (χ0) is 18.2. The number of carbonyl (C=O) groups is 1. The number of alkyl halides is 3. The lowest BCUT2D eigenvalue weighted by Gasteiger charge is -2.33. The Kier molecular flexibility index (Phi) is 11.4. The second-order valence-corrected chi connectivity index (χ2v) is 6.11. The van der Waals surface area contributed by atoms with E-state index in [1.54, 1.807) is 19.0 Å². The van der Waals surface area contributed by atoms with Crippen molar-refractivity contribution < 1.29 is 18.0 Å². The lowest BCUT2D eigenvalue weighted by molar-refractivity contribution is -0.132. The Labute approximate surface area is 164 Å². The molecule has 1 heterocycles. The normalized spacial score (nSPS) is 17.0. The molecule has 0 atom stereocenters. The number of rotatable bonds is 6. The standard InChI is InChI=1S/C15H28F3N5O.HI/c1-4-19-14(20-8-7-15(16,17)18)21-12-5-9-23(10-6-12)11-13(24)22(2)3;/h12H,4-11H2,1-3H3,(H2,19,20,21);1H. The van der Waals surface area contributed by atoms with Crippen molar-refractivity contribution in [2.45, 2.75) is 38.4 Å². The highest BCUT2D eigenvalue weighted by Crippen LogP contribution is 2.19. The van der Waals surface area contributed by atoms with Gasteiger partial charge in [0.05, 0.1) is 19.5 Å². The fourth-order valence-corrected chi connectivity index (χ4v) is 2.38. The highest BCUT2D eigenvalue weighted by atomic mass is 127. The largest absolute Gasteiger partial charge is 0.390 e. The second-order valence-electron chi connectivity index (χ2n) is 6.11. The fourth-order valence-electron chi connectivity index (χ4n) is 2.38. The van der Waals surface area contributed by atoms with Crippen LogP contribution in [0.4, 0.5) is 13.2 Å². The van der Waals surface area contributed by atoms with Gasteiger partial charge in [0.25, 0.3) is 0 Å². The van der Waals surface area contributed by atoms with Crippen molar-refractivity contribution in [3.05, 3.63) is 0 Å². The van der Waals surface area contributed by atoms with Crippen LogP contribution in [0, 0.1) is 0 Å². The molecule has 1 saturated heterocycles. The van der Waals surface area contributed by atoms with E-state index in [9.17, 15) is 18.0 Å². The smallest absolute Gasteiger partial charge is 0.357 e. The summed E-state index contributed by atoms with van der Waals surface area (Å²) in [5.41, 5.74) is 0. The molecule has 0 unspecified atom stereocenters. The highest BCUT2D eigenvalue weighted by molar-refractivity contribution is 14.0. The number of nitrogens with zero attached hydrogens (tertiary/aromatic N) is 3. The van der Waals surface area contributed by atoms with Crippen LogP contribution in [0.25, 0.3) is 0 Å². The van der Waals surface area contributed by atoms with Crippen LogP contribution >= 0.6 is 24.0 Å². The number of hydrogen-bond donors (Lipinski definition) is 2. The van der Waals surface area contributed by atoms with E-state index in [2.05, 4.69) is 20.5 Å². The summed E-state index contributed by atoms with van der Waals surface area (Å²) in [6.45, 7) is 4.14. The molecule has 6 nitrogen and oxygen atoms in total. The van der Waals surface area contributed by atoms with Gasteiger partial charge in [0.2, 0.25) is 5.91 Å². The number of carbonyl (C=O) groups excluding carboxylic acids is 1. The monoisotopic (exact) mass is 479 g/mol. The number of aliphatic imine (C=N–C) groups is 1. The average molecular weight is 479 g/mol. The average Bonchev–Trinajstić information content (AvgIpc) is 2.48.